The van der Waals surface area contributed by atoms with Crippen molar-refractivity contribution in [2.45, 2.75) is 30.3 Å². The number of carbonyl (C=O) groups excluding carboxylic acids is 2. The molecule has 1 aliphatic heterocycles. The average molecular weight is 518 g/mol. The van der Waals surface area contributed by atoms with Crippen LogP contribution in [-0.4, -0.2) is 62.6 Å². The Kier molecular flexibility index (Phi) is 6.11. The molecule has 2 aliphatic rings. The van der Waals surface area contributed by atoms with Gasteiger partial charge in [0.1, 0.15) is 19.8 Å². The Bertz CT molecular complexity index is 1490. The first-order valence-electron chi connectivity index (χ1n) is 10.9. The number of aromatic nitrogens is 1. The molecule has 1 saturated carbocycles. The second kappa shape index (κ2) is 9.10. The summed E-state index contributed by atoms with van der Waals surface area (Å²) in [6, 6.07) is 9.29. The summed E-state index contributed by atoms with van der Waals surface area (Å²) in [5.41, 5.74) is 0.881. The van der Waals surface area contributed by atoms with Gasteiger partial charge < -0.3 is 18.8 Å². The number of esters is 1. The summed E-state index contributed by atoms with van der Waals surface area (Å²) >= 11 is 1.22. The fourth-order valence-corrected chi connectivity index (χ4v) is 6.21. The summed E-state index contributed by atoms with van der Waals surface area (Å²) in [7, 11) is -0.759. The predicted molar refractivity (Wildman–Crippen MR) is 127 cm³/mol. The van der Waals surface area contributed by atoms with Crippen molar-refractivity contribution in [3.8, 4) is 11.5 Å². The van der Waals surface area contributed by atoms with Crippen LogP contribution < -0.4 is 14.3 Å². The summed E-state index contributed by atoms with van der Waals surface area (Å²) in [5, 5.41) is 0. The monoisotopic (exact) mass is 517 g/mol. The highest BCUT2D eigenvalue weighted by molar-refractivity contribution is 7.89. The molecule has 35 heavy (non-hydrogen) atoms. The minimum absolute atomic E-state index is 0.0380. The molecule has 12 heteroatoms. The van der Waals surface area contributed by atoms with Crippen LogP contribution in [0.15, 0.2) is 46.3 Å². The van der Waals surface area contributed by atoms with Gasteiger partial charge in [-0.3, -0.25) is 9.59 Å². The van der Waals surface area contributed by atoms with E-state index in [1.165, 1.54) is 47.0 Å². The molecule has 0 atom stereocenters. The van der Waals surface area contributed by atoms with E-state index < -0.39 is 21.9 Å². The van der Waals surface area contributed by atoms with Crippen molar-refractivity contribution >= 4 is 43.5 Å². The number of fused-ring (bicyclic) bond motifs is 2. The van der Waals surface area contributed by atoms with E-state index in [0.717, 1.165) is 17.5 Å². The van der Waals surface area contributed by atoms with Gasteiger partial charge in [-0.05, 0) is 37.1 Å². The van der Waals surface area contributed by atoms with Crippen LogP contribution in [0.4, 0.5) is 0 Å². The molecule has 1 fully saturated rings. The third-order valence-electron chi connectivity index (χ3n) is 5.90. The molecular formula is C23H23N3O7S2. The van der Waals surface area contributed by atoms with Crippen molar-refractivity contribution in [3.63, 3.8) is 0 Å². The molecule has 0 saturated heterocycles. The van der Waals surface area contributed by atoms with Crippen LogP contribution >= 0.6 is 11.3 Å². The lowest BCUT2D eigenvalue weighted by Gasteiger charge is -2.18. The summed E-state index contributed by atoms with van der Waals surface area (Å²) in [4.78, 5) is 29.7. The van der Waals surface area contributed by atoms with Gasteiger partial charge in [0, 0.05) is 30.8 Å². The Hall–Kier alpha value is -3.22. The van der Waals surface area contributed by atoms with Gasteiger partial charge in [0.2, 0.25) is 10.0 Å². The fourth-order valence-electron chi connectivity index (χ4n) is 3.76. The first kappa shape index (κ1) is 23.5. The number of rotatable bonds is 6. The zero-order chi connectivity index (χ0) is 24.7. The lowest BCUT2D eigenvalue weighted by Crippen LogP contribution is -2.28. The maximum Gasteiger partial charge on any atom is 0.325 e. The molecule has 3 aromatic rings. The fraction of sp³-hybridized carbons (Fsp3) is 0.348. The van der Waals surface area contributed by atoms with E-state index >= 15 is 0 Å². The third kappa shape index (κ3) is 4.56. The standard InChI is InChI=1S/C23H23N3O7S2/c1-25(15-5-6-15)35(29,30)16-7-3-14(4-8-16)22(28)24-23-26(13-21(27)31-2)17-11-18-19(12-20(17)34-23)33-10-9-32-18/h3-4,7-8,11-12,15H,5-6,9-10,13H2,1-2H3. The molecule has 0 radical (unpaired) electrons. The minimum Gasteiger partial charge on any atom is -0.486 e. The van der Waals surface area contributed by atoms with Gasteiger partial charge in [-0.25, -0.2) is 8.42 Å². The summed E-state index contributed by atoms with van der Waals surface area (Å²) < 4.78 is 45.3. The molecule has 0 bridgehead atoms. The summed E-state index contributed by atoms with van der Waals surface area (Å²) in [6.07, 6.45) is 1.71. The van der Waals surface area contributed by atoms with Crippen molar-refractivity contribution in [2.24, 2.45) is 4.99 Å². The Morgan fingerprint density at radius 3 is 2.43 bits per heavy atom. The average Bonchev–Trinajstić information content (AvgIpc) is 3.66. The highest BCUT2D eigenvalue weighted by atomic mass is 32.2. The van der Waals surface area contributed by atoms with Gasteiger partial charge in [-0.15, -0.1) is 0 Å². The number of benzene rings is 2. The number of thiazole rings is 1. The van der Waals surface area contributed by atoms with Gasteiger partial charge in [-0.1, -0.05) is 11.3 Å². The van der Waals surface area contributed by atoms with E-state index in [-0.39, 0.29) is 23.0 Å². The number of methoxy groups -OCH3 is 1. The molecule has 0 spiro atoms. The second-order valence-corrected chi connectivity index (χ2v) is 11.2. The van der Waals surface area contributed by atoms with Crippen LogP contribution in [0, 0.1) is 0 Å². The van der Waals surface area contributed by atoms with Gasteiger partial charge in [0.15, 0.2) is 16.3 Å². The molecule has 2 heterocycles. The Labute approximate surface area is 205 Å². The molecular weight excluding hydrogens is 494 g/mol. The van der Waals surface area contributed by atoms with Crippen LogP contribution in [0.25, 0.3) is 10.2 Å². The molecule has 0 unspecified atom stereocenters. The molecule has 1 aromatic heterocycles. The highest BCUT2D eigenvalue weighted by Crippen LogP contribution is 2.35. The van der Waals surface area contributed by atoms with E-state index in [4.69, 9.17) is 14.2 Å². The molecule has 1 amide bonds. The van der Waals surface area contributed by atoms with Gasteiger partial charge in [0.25, 0.3) is 5.91 Å². The third-order valence-corrected chi connectivity index (χ3v) is 8.86. The van der Waals surface area contributed by atoms with Crippen molar-refractivity contribution in [3.05, 3.63) is 46.8 Å². The highest BCUT2D eigenvalue weighted by Gasteiger charge is 2.35. The first-order chi connectivity index (χ1) is 16.8. The molecule has 0 N–H and O–H groups in total. The number of ether oxygens (including phenoxy) is 3. The quantitative estimate of drug-likeness (QED) is 0.460. The Morgan fingerprint density at radius 1 is 1.14 bits per heavy atom. The molecule has 2 aromatic carbocycles. The number of amides is 1. The molecule has 1 aliphatic carbocycles. The summed E-state index contributed by atoms with van der Waals surface area (Å²) in [5.74, 6) is 0.0711. The number of carbonyl (C=O) groups is 2. The Balaban J connectivity index is 1.51. The van der Waals surface area contributed by atoms with Gasteiger partial charge in [0.05, 0.1) is 22.2 Å². The maximum atomic E-state index is 13.0. The normalized spacial score (nSPS) is 16.0. The van der Waals surface area contributed by atoms with Crippen molar-refractivity contribution < 1.29 is 32.2 Å². The van der Waals surface area contributed by atoms with Crippen LogP contribution in [0.5, 0.6) is 11.5 Å². The largest absolute Gasteiger partial charge is 0.486 e. The first-order valence-corrected chi connectivity index (χ1v) is 13.2. The lowest BCUT2D eigenvalue weighted by molar-refractivity contribution is -0.141. The van der Waals surface area contributed by atoms with E-state index in [1.807, 2.05) is 0 Å². The van der Waals surface area contributed by atoms with Crippen LogP contribution in [0.1, 0.15) is 23.2 Å². The van der Waals surface area contributed by atoms with Crippen molar-refractivity contribution in [1.82, 2.24) is 8.87 Å². The maximum absolute atomic E-state index is 13.0. The van der Waals surface area contributed by atoms with Crippen LogP contribution in [0.3, 0.4) is 0 Å². The summed E-state index contributed by atoms with van der Waals surface area (Å²) in [6.45, 7) is 0.703. The smallest absolute Gasteiger partial charge is 0.325 e. The zero-order valence-corrected chi connectivity index (χ0v) is 20.7. The molecule has 5 rings (SSSR count). The minimum atomic E-state index is -3.61. The number of nitrogens with zero attached hydrogens (tertiary/aromatic N) is 3. The predicted octanol–water partition coefficient (Wildman–Crippen LogP) is 2.17. The van der Waals surface area contributed by atoms with E-state index in [2.05, 4.69) is 4.99 Å². The Morgan fingerprint density at radius 2 is 1.80 bits per heavy atom. The van der Waals surface area contributed by atoms with E-state index in [9.17, 15) is 18.0 Å². The van der Waals surface area contributed by atoms with Gasteiger partial charge >= 0.3 is 5.97 Å². The molecule has 10 nitrogen and oxygen atoms in total. The van der Waals surface area contributed by atoms with E-state index in [1.54, 1.807) is 23.7 Å². The number of hydrogen-bond donors (Lipinski definition) is 0. The van der Waals surface area contributed by atoms with Crippen LogP contribution in [0.2, 0.25) is 0 Å². The number of sulfonamides is 1. The molecule has 184 valence electrons. The topological polar surface area (TPSA) is 117 Å². The van der Waals surface area contributed by atoms with Crippen LogP contribution in [-0.2, 0) is 26.1 Å². The van der Waals surface area contributed by atoms with E-state index in [0.29, 0.717) is 35.0 Å². The van der Waals surface area contributed by atoms with Crippen molar-refractivity contribution in [1.29, 1.82) is 0 Å². The SMILES string of the molecule is COC(=O)Cn1c(=NC(=O)c2ccc(S(=O)(=O)N(C)C3CC3)cc2)sc2cc3c(cc21)OCCO3. The van der Waals surface area contributed by atoms with Gasteiger partial charge in [-0.2, -0.15) is 9.30 Å². The second-order valence-electron chi connectivity index (χ2n) is 8.20. The number of hydrogen-bond acceptors (Lipinski definition) is 8. The zero-order valence-electron chi connectivity index (χ0n) is 19.1. The van der Waals surface area contributed by atoms with Crippen molar-refractivity contribution in [2.75, 3.05) is 27.4 Å². The lowest BCUT2D eigenvalue weighted by atomic mass is 10.2.